The number of carbonyl (C=O) groups is 3. The summed E-state index contributed by atoms with van der Waals surface area (Å²) in [6.45, 7) is 0.491. The van der Waals surface area contributed by atoms with Gasteiger partial charge in [-0.1, -0.05) is 0 Å². The van der Waals surface area contributed by atoms with Crippen molar-refractivity contribution in [2.75, 3.05) is 32.9 Å². The molecule has 8 heteroatoms. The number of aliphatic carboxylic acids is 2. The van der Waals surface area contributed by atoms with Crippen LogP contribution in [-0.4, -0.2) is 65.9 Å². The molecule has 128 valence electrons. The first-order valence-corrected chi connectivity index (χ1v) is 7.47. The van der Waals surface area contributed by atoms with Gasteiger partial charge in [0.15, 0.2) is 6.61 Å². The molecule has 24 heavy (non-hydrogen) atoms. The van der Waals surface area contributed by atoms with E-state index in [-0.39, 0.29) is 25.0 Å². The summed E-state index contributed by atoms with van der Waals surface area (Å²) in [5.41, 5.74) is -0.612. The fourth-order valence-corrected chi connectivity index (χ4v) is 3.21. The SMILES string of the molecule is O=C(O)COc1ccc(C(=O)N2C[C@@H]3COC[C@]3(C(=O)O)C2)cc1. The highest BCUT2D eigenvalue weighted by molar-refractivity contribution is 5.95. The van der Waals surface area contributed by atoms with Crippen LogP contribution in [0.15, 0.2) is 24.3 Å². The molecule has 1 amide bonds. The van der Waals surface area contributed by atoms with Crippen molar-refractivity contribution in [2.45, 2.75) is 0 Å². The smallest absolute Gasteiger partial charge is 0.341 e. The molecule has 0 aromatic heterocycles. The van der Waals surface area contributed by atoms with E-state index in [4.69, 9.17) is 14.6 Å². The van der Waals surface area contributed by atoms with Crippen molar-refractivity contribution in [1.82, 2.24) is 4.90 Å². The third kappa shape index (κ3) is 2.80. The summed E-state index contributed by atoms with van der Waals surface area (Å²) >= 11 is 0. The lowest BCUT2D eigenvalue weighted by molar-refractivity contribution is -0.149. The number of carbonyl (C=O) groups excluding carboxylic acids is 1. The lowest BCUT2D eigenvalue weighted by Gasteiger charge is -2.22. The first kappa shape index (κ1) is 16.3. The van der Waals surface area contributed by atoms with Gasteiger partial charge in [-0.3, -0.25) is 9.59 Å². The summed E-state index contributed by atoms with van der Waals surface area (Å²) in [7, 11) is 0. The summed E-state index contributed by atoms with van der Waals surface area (Å²) in [4.78, 5) is 36.2. The summed E-state index contributed by atoms with van der Waals surface area (Å²) in [5, 5.41) is 18.1. The zero-order valence-corrected chi connectivity index (χ0v) is 12.8. The Morgan fingerprint density at radius 2 is 1.96 bits per heavy atom. The van der Waals surface area contributed by atoms with Crippen molar-refractivity contribution < 1.29 is 34.1 Å². The number of hydrogen-bond donors (Lipinski definition) is 2. The van der Waals surface area contributed by atoms with E-state index in [0.717, 1.165) is 0 Å². The molecule has 0 bridgehead atoms. The topological polar surface area (TPSA) is 113 Å². The second kappa shape index (κ2) is 6.12. The van der Waals surface area contributed by atoms with E-state index in [9.17, 15) is 19.5 Å². The third-order valence-corrected chi connectivity index (χ3v) is 4.55. The van der Waals surface area contributed by atoms with Crippen molar-refractivity contribution in [3.05, 3.63) is 29.8 Å². The lowest BCUT2D eigenvalue weighted by atomic mass is 9.81. The highest BCUT2D eigenvalue weighted by atomic mass is 16.5. The number of fused-ring (bicyclic) bond motifs is 1. The van der Waals surface area contributed by atoms with Crippen molar-refractivity contribution in [2.24, 2.45) is 11.3 Å². The molecule has 1 aromatic rings. The first-order chi connectivity index (χ1) is 11.4. The zero-order valence-electron chi connectivity index (χ0n) is 12.8. The number of hydrogen-bond acceptors (Lipinski definition) is 5. The molecule has 2 aliphatic rings. The molecule has 3 rings (SSSR count). The maximum Gasteiger partial charge on any atom is 0.341 e. The Morgan fingerprint density at radius 3 is 2.54 bits per heavy atom. The average Bonchev–Trinajstić information content (AvgIpc) is 3.11. The summed E-state index contributed by atoms with van der Waals surface area (Å²) in [6, 6.07) is 6.11. The van der Waals surface area contributed by atoms with Crippen LogP contribution in [0.3, 0.4) is 0 Å². The van der Waals surface area contributed by atoms with Crippen LogP contribution in [0.5, 0.6) is 5.75 Å². The largest absolute Gasteiger partial charge is 0.482 e. The van der Waals surface area contributed by atoms with Gasteiger partial charge in [0.05, 0.1) is 13.2 Å². The second-order valence-corrected chi connectivity index (χ2v) is 6.07. The van der Waals surface area contributed by atoms with Crippen molar-refractivity contribution >= 4 is 17.8 Å². The van der Waals surface area contributed by atoms with E-state index in [1.807, 2.05) is 0 Å². The number of benzene rings is 1. The number of likely N-dealkylation sites (tertiary alicyclic amines) is 1. The molecule has 0 unspecified atom stereocenters. The van der Waals surface area contributed by atoms with Crippen LogP contribution < -0.4 is 4.74 Å². The minimum absolute atomic E-state index is 0.124. The van der Waals surface area contributed by atoms with Crippen molar-refractivity contribution in [3.8, 4) is 5.75 Å². The minimum Gasteiger partial charge on any atom is -0.482 e. The van der Waals surface area contributed by atoms with E-state index in [2.05, 4.69) is 0 Å². The number of carboxylic acid groups (broad SMARTS) is 2. The Labute approximate surface area is 137 Å². The second-order valence-electron chi connectivity index (χ2n) is 6.07. The summed E-state index contributed by atoms with van der Waals surface area (Å²) in [5.74, 6) is -2.12. The van der Waals surface area contributed by atoms with E-state index < -0.39 is 24.0 Å². The number of carboxylic acids is 2. The molecule has 8 nitrogen and oxygen atoms in total. The van der Waals surface area contributed by atoms with Crippen LogP contribution >= 0.6 is 0 Å². The van der Waals surface area contributed by atoms with E-state index in [1.54, 1.807) is 0 Å². The molecule has 2 N–H and O–H groups in total. The van der Waals surface area contributed by atoms with Gasteiger partial charge in [-0.25, -0.2) is 4.79 Å². The fraction of sp³-hybridized carbons (Fsp3) is 0.438. The van der Waals surface area contributed by atoms with Gasteiger partial charge in [0, 0.05) is 24.6 Å². The fourth-order valence-electron chi connectivity index (χ4n) is 3.21. The van der Waals surface area contributed by atoms with Crippen molar-refractivity contribution in [3.63, 3.8) is 0 Å². The molecule has 2 aliphatic heterocycles. The van der Waals surface area contributed by atoms with E-state index in [1.165, 1.54) is 29.2 Å². The molecular weight excluding hydrogens is 318 g/mol. The molecule has 2 heterocycles. The maximum atomic E-state index is 12.6. The van der Waals surface area contributed by atoms with Gasteiger partial charge in [0.2, 0.25) is 0 Å². The molecule has 2 atom stereocenters. The molecule has 2 saturated heterocycles. The average molecular weight is 335 g/mol. The van der Waals surface area contributed by atoms with Gasteiger partial charge in [-0.15, -0.1) is 0 Å². The minimum atomic E-state index is -1.08. The predicted octanol–water partition coefficient (Wildman–Crippen LogP) is 0.323. The molecule has 1 aromatic carbocycles. The molecule has 0 saturated carbocycles. The van der Waals surface area contributed by atoms with Gasteiger partial charge >= 0.3 is 11.9 Å². The Bertz CT molecular complexity index is 672. The zero-order chi connectivity index (χ0) is 17.3. The Balaban J connectivity index is 1.69. The summed E-state index contributed by atoms with van der Waals surface area (Å²) < 4.78 is 10.3. The lowest BCUT2D eigenvalue weighted by Crippen LogP contribution is -2.40. The van der Waals surface area contributed by atoms with Gasteiger partial charge in [-0.2, -0.15) is 0 Å². The van der Waals surface area contributed by atoms with Crippen LogP contribution in [0.25, 0.3) is 0 Å². The molecule has 2 fully saturated rings. The van der Waals surface area contributed by atoms with E-state index in [0.29, 0.717) is 24.5 Å². The van der Waals surface area contributed by atoms with Gasteiger partial charge in [0.25, 0.3) is 5.91 Å². The van der Waals surface area contributed by atoms with Crippen LogP contribution in [0, 0.1) is 11.3 Å². The molecular formula is C16H17NO7. The standard InChI is InChI=1S/C16H17NO7/c18-13(19)7-24-12-3-1-10(2-4-12)14(20)17-5-11-6-23-9-16(11,8-17)15(21)22/h1-4,11H,5-9H2,(H,18,19)(H,21,22)/t11-,16-/m1/s1. The van der Waals surface area contributed by atoms with Gasteiger partial charge < -0.3 is 24.6 Å². The number of nitrogens with zero attached hydrogens (tertiary/aromatic N) is 1. The Kier molecular flexibility index (Phi) is 4.15. The van der Waals surface area contributed by atoms with Gasteiger partial charge in [0.1, 0.15) is 11.2 Å². The first-order valence-electron chi connectivity index (χ1n) is 7.47. The van der Waals surface area contributed by atoms with Crippen LogP contribution in [0.4, 0.5) is 0 Å². The number of rotatable bonds is 5. The highest BCUT2D eigenvalue weighted by Gasteiger charge is 2.57. The molecule has 0 spiro atoms. The van der Waals surface area contributed by atoms with Gasteiger partial charge in [-0.05, 0) is 24.3 Å². The monoisotopic (exact) mass is 335 g/mol. The quantitative estimate of drug-likeness (QED) is 0.797. The highest BCUT2D eigenvalue weighted by Crippen LogP contribution is 2.42. The maximum absolute atomic E-state index is 12.6. The number of ether oxygens (including phenoxy) is 2. The van der Waals surface area contributed by atoms with Crippen molar-refractivity contribution in [1.29, 1.82) is 0 Å². The summed E-state index contributed by atoms with van der Waals surface area (Å²) in [6.07, 6.45) is 0. The Morgan fingerprint density at radius 1 is 1.25 bits per heavy atom. The van der Waals surface area contributed by atoms with Crippen LogP contribution in [0.1, 0.15) is 10.4 Å². The van der Waals surface area contributed by atoms with E-state index >= 15 is 0 Å². The number of amides is 1. The molecule has 0 radical (unpaired) electrons. The van der Waals surface area contributed by atoms with Crippen LogP contribution in [-0.2, 0) is 14.3 Å². The van der Waals surface area contributed by atoms with Crippen LogP contribution in [0.2, 0.25) is 0 Å². The molecule has 0 aliphatic carbocycles. The Hall–Kier alpha value is -2.61. The normalized spacial score (nSPS) is 25.3. The third-order valence-electron chi connectivity index (χ3n) is 4.55. The predicted molar refractivity (Wildman–Crippen MR) is 79.9 cm³/mol.